The molecule has 0 saturated carbocycles. The molecule has 1 amide bonds. The zero-order valence-electron chi connectivity index (χ0n) is 17.3. The van der Waals surface area contributed by atoms with Crippen LogP contribution in [0.2, 0.25) is 0 Å². The number of hydrogen-bond acceptors (Lipinski definition) is 3. The molecule has 31 heavy (non-hydrogen) atoms. The Morgan fingerprint density at radius 3 is 2.55 bits per heavy atom. The number of carbonyl (C=O) groups is 1. The molecule has 0 N–H and O–H groups in total. The number of amides is 1. The lowest BCUT2D eigenvalue weighted by Gasteiger charge is -2.16. The summed E-state index contributed by atoms with van der Waals surface area (Å²) < 4.78 is 34.3. The second-order valence-corrected chi connectivity index (χ2v) is 8.07. The Hall–Kier alpha value is -3.00. The van der Waals surface area contributed by atoms with Crippen LogP contribution in [-0.2, 0) is 13.2 Å². The lowest BCUT2D eigenvalue weighted by molar-refractivity contribution is 0.0827. The van der Waals surface area contributed by atoms with Gasteiger partial charge in [0.1, 0.15) is 28.5 Å². The number of ether oxygens (including phenoxy) is 1. The minimum Gasteiger partial charge on any atom is -0.487 e. The summed E-state index contributed by atoms with van der Waals surface area (Å²) in [6, 6.07) is 12.0. The Labute approximate surface area is 187 Å². The summed E-state index contributed by atoms with van der Waals surface area (Å²) in [7, 11) is 3.36. The van der Waals surface area contributed by atoms with E-state index in [1.807, 2.05) is 6.07 Å². The molecule has 1 heterocycles. The lowest BCUT2D eigenvalue weighted by Crippen LogP contribution is -2.25. The largest absolute Gasteiger partial charge is 0.487 e. The molecule has 162 valence electrons. The Bertz CT molecular complexity index is 1190. The van der Waals surface area contributed by atoms with Gasteiger partial charge in [0.2, 0.25) is 0 Å². The molecule has 0 saturated heterocycles. The van der Waals surface area contributed by atoms with E-state index in [1.165, 1.54) is 11.0 Å². The maximum Gasteiger partial charge on any atom is 0.269 e. The number of aromatic nitrogens is 1. The number of halogens is 3. The van der Waals surface area contributed by atoms with Gasteiger partial charge in [-0.15, -0.1) is 0 Å². The van der Waals surface area contributed by atoms with Gasteiger partial charge in [0.25, 0.3) is 11.5 Å². The van der Waals surface area contributed by atoms with Crippen molar-refractivity contribution in [3.05, 3.63) is 97.4 Å². The standard InChI is InChI=1S/C23H21BrF2N2O3/c1-14-9-20(31-13-17-7-8-18(25)11-19(17)26)21(24)23(30)28(14)12-15-5-4-6-16(10-15)22(29)27(2)3/h4-11H,12-13H2,1-3H3. The molecule has 1 aromatic heterocycles. The molecule has 5 nitrogen and oxygen atoms in total. The van der Waals surface area contributed by atoms with Gasteiger partial charge in [0.05, 0.1) is 6.54 Å². The summed E-state index contributed by atoms with van der Waals surface area (Å²) in [6.07, 6.45) is 0. The Kier molecular flexibility index (Phi) is 6.90. The number of aryl methyl sites for hydroxylation is 1. The second kappa shape index (κ2) is 9.43. The molecule has 8 heteroatoms. The van der Waals surface area contributed by atoms with E-state index in [9.17, 15) is 18.4 Å². The third-order valence-corrected chi connectivity index (χ3v) is 5.46. The first-order chi connectivity index (χ1) is 14.7. The van der Waals surface area contributed by atoms with Gasteiger partial charge in [0.15, 0.2) is 0 Å². The molecule has 0 spiro atoms. The average molecular weight is 491 g/mol. The molecule has 0 atom stereocenters. The van der Waals surface area contributed by atoms with E-state index in [1.54, 1.807) is 49.9 Å². The summed E-state index contributed by atoms with van der Waals surface area (Å²) in [5, 5.41) is 0. The van der Waals surface area contributed by atoms with E-state index in [4.69, 9.17) is 4.74 Å². The van der Waals surface area contributed by atoms with E-state index in [2.05, 4.69) is 15.9 Å². The first-order valence-corrected chi connectivity index (χ1v) is 10.2. The second-order valence-electron chi connectivity index (χ2n) is 7.28. The fourth-order valence-corrected chi connectivity index (χ4v) is 3.50. The van der Waals surface area contributed by atoms with Crippen LogP contribution in [0.1, 0.15) is 27.2 Å². The number of benzene rings is 2. The number of nitrogens with zero attached hydrogens (tertiary/aromatic N) is 2. The van der Waals surface area contributed by atoms with Crippen LogP contribution >= 0.6 is 15.9 Å². The van der Waals surface area contributed by atoms with Crippen molar-refractivity contribution in [3.63, 3.8) is 0 Å². The molecule has 0 aliphatic rings. The molecule has 0 bridgehead atoms. The highest BCUT2D eigenvalue weighted by Crippen LogP contribution is 2.24. The average Bonchev–Trinajstić information content (AvgIpc) is 2.73. The number of carbonyl (C=O) groups excluding carboxylic acids is 1. The number of pyridine rings is 1. The minimum atomic E-state index is -0.715. The monoisotopic (exact) mass is 490 g/mol. The smallest absolute Gasteiger partial charge is 0.269 e. The van der Waals surface area contributed by atoms with Crippen molar-refractivity contribution in [1.29, 1.82) is 0 Å². The molecule has 0 fully saturated rings. The molecule has 3 rings (SSSR count). The van der Waals surface area contributed by atoms with Crippen LogP contribution in [0.15, 0.2) is 57.8 Å². The summed E-state index contributed by atoms with van der Waals surface area (Å²) >= 11 is 3.27. The van der Waals surface area contributed by atoms with E-state index in [0.29, 0.717) is 11.3 Å². The highest BCUT2D eigenvalue weighted by atomic mass is 79.9. The molecule has 0 aliphatic heterocycles. The Balaban J connectivity index is 1.84. The van der Waals surface area contributed by atoms with Crippen LogP contribution in [0.3, 0.4) is 0 Å². The Morgan fingerprint density at radius 2 is 1.87 bits per heavy atom. The van der Waals surface area contributed by atoms with Crippen LogP contribution in [0.5, 0.6) is 5.75 Å². The normalized spacial score (nSPS) is 10.8. The predicted octanol–water partition coefficient (Wildman–Crippen LogP) is 4.53. The van der Waals surface area contributed by atoms with Crippen LogP contribution in [0.25, 0.3) is 0 Å². The third kappa shape index (κ3) is 5.19. The predicted molar refractivity (Wildman–Crippen MR) is 117 cm³/mol. The van der Waals surface area contributed by atoms with Gasteiger partial charge < -0.3 is 14.2 Å². The molecule has 0 aliphatic carbocycles. The van der Waals surface area contributed by atoms with Crippen LogP contribution in [-0.4, -0.2) is 29.5 Å². The van der Waals surface area contributed by atoms with Crippen molar-refractivity contribution in [3.8, 4) is 5.75 Å². The highest BCUT2D eigenvalue weighted by Gasteiger charge is 2.15. The fourth-order valence-electron chi connectivity index (χ4n) is 3.05. The van der Waals surface area contributed by atoms with Crippen LogP contribution < -0.4 is 10.3 Å². The van der Waals surface area contributed by atoms with Crippen molar-refractivity contribution in [1.82, 2.24) is 9.47 Å². The third-order valence-electron chi connectivity index (χ3n) is 4.73. The van der Waals surface area contributed by atoms with Crippen LogP contribution in [0.4, 0.5) is 8.78 Å². The highest BCUT2D eigenvalue weighted by molar-refractivity contribution is 9.10. The Morgan fingerprint density at radius 1 is 1.13 bits per heavy atom. The number of rotatable bonds is 6. The maximum absolute atomic E-state index is 13.8. The molecule has 0 unspecified atom stereocenters. The summed E-state index contributed by atoms with van der Waals surface area (Å²) in [6.45, 7) is 1.88. The zero-order valence-corrected chi connectivity index (χ0v) is 18.9. The quantitative estimate of drug-likeness (QED) is 0.510. The lowest BCUT2D eigenvalue weighted by atomic mass is 10.1. The van der Waals surface area contributed by atoms with E-state index in [-0.39, 0.29) is 40.4 Å². The van der Waals surface area contributed by atoms with Gasteiger partial charge in [-0.05, 0) is 52.7 Å². The first-order valence-electron chi connectivity index (χ1n) is 9.44. The van der Waals surface area contributed by atoms with Gasteiger partial charge >= 0.3 is 0 Å². The molecule has 0 radical (unpaired) electrons. The SMILES string of the molecule is Cc1cc(OCc2ccc(F)cc2F)c(Br)c(=O)n1Cc1cccc(C(=O)N(C)C)c1. The van der Waals surface area contributed by atoms with E-state index < -0.39 is 11.6 Å². The molecular weight excluding hydrogens is 470 g/mol. The minimum absolute atomic E-state index is 0.121. The topological polar surface area (TPSA) is 51.5 Å². The van der Waals surface area contributed by atoms with Crippen molar-refractivity contribution >= 4 is 21.8 Å². The summed E-state index contributed by atoms with van der Waals surface area (Å²) in [4.78, 5) is 26.6. The fraction of sp³-hybridized carbons (Fsp3) is 0.217. The van der Waals surface area contributed by atoms with Gasteiger partial charge in [0, 0.05) is 43.0 Å². The van der Waals surface area contributed by atoms with Crippen molar-refractivity contribution in [2.75, 3.05) is 14.1 Å². The van der Waals surface area contributed by atoms with E-state index >= 15 is 0 Å². The van der Waals surface area contributed by atoms with Gasteiger partial charge in [-0.2, -0.15) is 0 Å². The van der Waals surface area contributed by atoms with Crippen molar-refractivity contribution in [2.45, 2.75) is 20.1 Å². The van der Waals surface area contributed by atoms with Crippen LogP contribution in [0, 0.1) is 18.6 Å². The zero-order chi connectivity index (χ0) is 22.7. The van der Waals surface area contributed by atoms with Gasteiger partial charge in [-0.1, -0.05) is 12.1 Å². The number of hydrogen-bond donors (Lipinski definition) is 0. The first kappa shape index (κ1) is 22.7. The van der Waals surface area contributed by atoms with Crippen molar-refractivity contribution < 1.29 is 18.3 Å². The summed E-state index contributed by atoms with van der Waals surface area (Å²) in [5.74, 6) is -1.24. The molecule has 2 aromatic carbocycles. The van der Waals surface area contributed by atoms with Gasteiger partial charge in [-0.25, -0.2) is 8.78 Å². The maximum atomic E-state index is 13.8. The molecular formula is C23H21BrF2N2O3. The molecule has 3 aromatic rings. The van der Waals surface area contributed by atoms with Crippen molar-refractivity contribution in [2.24, 2.45) is 0 Å². The summed E-state index contributed by atoms with van der Waals surface area (Å²) in [5.41, 5.74) is 1.82. The van der Waals surface area contributed by atoms with Gasteiger partial charge in [-0.3, -0.25) is 9.59 Å². The van der Waals surface area contributed by atoms with E-state index in [0.717, 1.165) is 17.7 Å².